The molecule has 3 N–H and O–H groups in total. The highest BCUT2D eigenvalue weighted by Gasteiger charge is 2.11. The molecule has 1 aromatic carbocycles. The Bertz CT molecular complexity index is 1200. The Morgan fingerprint density at radius 2 is 2.04 bits per heavy atom. The zero-order chi connectivity index (χ0) is 19.7. The monoisotopic (exact) mass is 439 g/mol. The van der Waals surface area contributed by atoms with E-state index in [1.807, 2.05) is 38.1 Å². The van der Waals surface area contributed by atoms with E-state index >= 15 is 0 Å². The number of nitrogens with zero attached hydrogens (tertiary/aromatic N) is 4. The van der Waals surface area contributed by atoms with Gasteiger partial charge in [-0.05, 0) is 60.1 Å². The summed E-state index contributed by atoms with van der Waals surface area (Å²) in [5, 5.41) is 14.2. The predicted molar refractivity (Wildman–Crippen MR) is 113 cm³/mol. The smallest absolute Gasteiger partial charge is 0.274 e. The third kappa shape index (κ3) is 3.61. The van der Waals surface area contributed by atoms with Crippen LogP contribution >= 0.6 is 15.9 Å². The second-order valence-corrected chi connectivity index (χ2v) is 7.39. The van der Waals surface area contributed by atoms with Crippen LogP contribution in [0.3, 0.4) is 0 Å². The Hall–Kier alpha value is -3.20. The van der Waals surface area contributed by atoms with Gasteiger partial charge in [-0.3, -0.25) is 9.89 Å². The fraction of sp³-hybridized carbons (Fsp3) is 0.158. The minimum absolute atomic E-state index is 0.0677. The predicted octanol–water partition coefficient (Wildman–Crippen LogP) is 4.35. The van der Waals surface area contributed by atoms with Crippen molar-refractivity contribution in [2.75, 3.05) is 10.6 Å². The zero-order valence-electron chi connectivity index (χ0n) is 15.3. The SMILES string of the molecule is CC(C)n1cccc(Nc2nc(Nc3ccc4[nH]ncc4c3)ncc2Br)c1=O. The van der Waals surface area contributed by atoms with Gasteiger partial charge in [0.2, 0.25) is 5.95 Å². The first-order chi connectivity index (χ1) is 13.5. The number of hydrogen-bond donors (Lipinski definition) is 3. The van der Waals surface area contributed by atoms with Crippen molar-refractivity contribution in [3.05, 3.63) is 63.7 Å². The minimum atomic E-state index is -0.108. The average molecular weight is 440 g/mol. The van der Waals surface area contributed by atoms with E-state index in [0.717, 1.165) is 16.6 Å². The second-order valence-electron chi connectivity index (χ2n) is 6.54. The van der Waals surface area contributed by atoms with Crippen LogP contribution in [0.5, 0.6) is 0 Å². The molecule has 4 aromatic rings. The van der Waals surface area contributed by atoms with Crippen molar-refractivity contribution in [2.24, 2.45) is 0 Å². The Morgan fingerprint density at radius 3 is 2.86 bits per heavy atom. The maximum Gasteiger partial charge on any atom is 0.274 e. The van der Waals surface area contributed by atoms with Crippen LogP contribution in [0, 0.1) is 0 Å². The number of rotatable bonds is 5. The van der Waals surface area contributed by atoms with Gasteiger partial charge in [0, 0.05) is 29.5 Å². The van der Waals surface area contributed by atoms with Crippen molar-refractivity contribution in [3.8, 4) is 0 Å². The summed E-state index contributed by atoms with van der Waals surface area (Å²) in [5.41, 5.74) is 2.13. The van der Waals surface area contributed by atoms with E-state index < -0.39 is 0 Å². The van der Waals surface area contributed by atoms with Gasteiger partial charge in [-0.15, -0.1) is 0 Å². The number of nitrogens with one attached hydrogen (secondary N) is 3. The lowest BCUT2D eigenvalue weighted by atomic mass is 10.2. The number of H-pyrrole nitrogens is 1. The molecule has 0 atom stereocenters. The van der Waals surface area contributed by atoms with Crippen molar-refractivity contribution in [3.63, 3.8) is 0 Å². The standard InChI is InChI=1S/C19H18BrN7O/c1-11(2)27-7-3-4-16(18(27)28)24-17-14(20)10-21-19(25-17)23-13-5-6-15-12(8-13)9-22-26-15/h3-11H,1-2H3,(H,22,26)(H2,21,23,24,25). The molecule has 4 rings (SSSR count). The summed E-state index contributed by atoms with van der Waals surface area (Å²) in [6.07, 6.45) is 5.16. The summed E-state index contributed by atoms with van der Waals surface area (Å²) < 4.78 is 2.32. The number of benzene rings is 1. The highest BCUT2D eigenvalue weighted by Crippen LogP contribution is 2.25. The number of aromatic amines is 1. The van der Waals surface area contributed by atoms with E-state index in [1.54, 1.807) is 29.2 Å². The van der Waals surface area contributed by atoms with E-state index in [-0.39, 0.29) is 11.6 Å². The van der Waals surface area contributed by atoms with E-state index in [4.69, 9.17) is 0 Å². The number of anilines is 4. The molecular weight excluding hydrogens is 422 g/mol. The molecule has 28 heavy (non-hydrogen) atoms. The van der Waals surface area contributed by atoms with Crippen molar-refractivity contribution in [1.82, 2.24) is 24.7 Å². The number of aromatic nitrogens is 5. The van der Waals surface area contributed by atoms with Crippen LogP contribution in [0.1, 0.15) is 19.9 Å². The van der Waals surface area contributed by atoms with E-state index in [2.05, 4.69) is 46.7 Å². The van der Waals surface area contributed by atoms with Crippen LogP contribution < -0.4 is 16.2 Å². The molecule has 9 heteroatoms. The normalized spacial score (nSPS) is 11.1. The Labute approximate surface area is 169 Å². The molecule has 3 heterocycles. The van der Waals surface area contributed by atoms with Gasteiger partial charge in [-0.1, -0.05) is 0 Å². The highest BCUT2D eigenvalue weighted by molar-refractivity contribution is 9.10. The van der Waals surface area contributed by atoms with Crippen LogP contribution in [0.25, 0.3) is 10.9 Å². The first-order valence-corrected chi connectivity index (χ1v) is 9.51. The van der Waals surface area contributed by atoms with Gasteiger partial charge in [0.1, 0.15) is 5.69 Å². The Balaban J connectivity index is 1.62. The molecular formula is C19H18BrN7O. The maximum atomic E-state index is 12.6. The molecule has 0 spiro atoms. The van der Waals surface area contributed by atoms with Crippen molar-refractivity contribution >= 4 is 50.0 Å². The summed E-state index contributed by atoms with van der Waals surface area (Å²) >= 11 is 3.44. The molecule has 0 saturated carbocycles. The molecule has 0 bridgehead atoms. The van der Waals surface area contributed by atoms with Gasteiger partial charge in [-0.2, -0.15) is 10.1 Å². The molecule has 8 nitrogen and oxygen atoms in total. The summed E-state index contributed by atoms with van der Waals surface area (Å²) in [6, 6.07) is 9.43. The van der Waals surface area contributed by atoms with Crippen LogP contribution in [-0.2, 0) is 0 Å². The van der Waals surface area contributed by atoms with Gasteiger partial charge in [0.15, 0.2) is 5.82 Å². The molecule has 0 unspecified atom stereocenters. The first-order valence-electron chi connectivity index (χ1n) is 8.72. The topological polar surface area (TPSA) is 101 Å². The largest absolute Gasteiger partial charge is 0.335 e. The van der Waals surface area contributed by atoms with E-state index in [1.165, 1.54) is 0 Å². The van der Waals surface area contributed by atoms with Crippen molar-refractivity contribution in [2.45, 2.75) is 19.9 Å². The minimum Gasteiger partial charge on any atom is -0.335 e. The van der Waals surface area contributed by atoms with Crippen LogP contribution in [0.15, 0.2) is 58.2 Å². The summed E-state index contributed by atoms with van der Waals surface area (Å²) in [5.74, 6) is 0.911. The lowest BCUT2D eigenvalue weighted by Gasteiger charge is -2.13. The van der Waals surface area contributed by atoms with Gasteiger partial charge >= 0.3 is 0 Å². The fourth-order valence-corrected chi connectivity index (χ4v) is 3.09. The van der Waals surface area contributed by atoms with Crippen molar-refractivity contribution < 1.29 is 0 Å². The molecule has 0 aliphatic heterocycles. The molecule has 0 aliphatic carbocycles. The maximum absolute atomic E-state index is 12.6. The van der Waals surface area contributed by atoms with Crippen LogP contribution in [0.2, 0.25) is 0 Å². The van der Waals surface area contributed by atoms with Crippen LogP contribution in [0.4, 0.5) is 23.1 Å². The quantitative estimate of drug-likeness (QED) is 0.427. The number of hydrogen-bond acceptors (Lipinski definition) is 6. The van der Waals surface area contributed by atoms with E-state index in [9.17, 15) is 4.79 Å². The molecule has 0 radical (unpaired) electrons. The van der Waals surface area contributed by atoms with Gasteiger partial charge < -0.3 is 15.2 Å². The Kier molecular flexibility index (Phi) is 4.82. The molecule has 3 aromatic heterocycles. The van der Waals surface area contributed by atoms with Crippen LogP contribution in [-0.4, -0.2) is 24.7 Å². The highest BCUT2D eigenvalue weighted by atomic mass is 79.9. The number of pyridine rings is 1. The summed E-state index contributed by atoms with van der Waals surface area (Å²) in [4.78, 5) is 21.4. The van der Waals surface area contributed by atoms with Gasteiger partial charge in [-0.25, -0.2) is 4.98 Å². The average Bonchev–Trinajstić information content (AvgIpc) is 3.13. The molecule has 0 fully saturated rings. The second kappa shape index (κ2) is 7.43. The molecule has 0 amide bonds. The summed E-state index contributed by atoms with van der Waals surface area (Å²) in [7, 11) is 0. The molecule has 0 aliphatic rings. The van der Waals surface area contributed by atoms with Gasteiger partial charge in [0.25, 0.3) is 5.56 Å². The number of halogens is 1. The number of fused-ring (bicyclic) bond motifs is 1. The fourth-order valence-electron chi connectivity index (χ4n) is 2.80. The summed E-state index contributed by atoms with van der Waals surface area (Å²) in [6.45, 7) is 3.93. The van der Waals surface area contributed by atoms with Gasteiger partial charge in [0.05, 0.1) is 16.2 Å². The third-order valence-corrected chi connectivity index (χ3v) is 4.80. The first kappa shape index (κ1) is 18.2. The Morgan fingerprint density at radius 1 is 1.18 bits per heavy atom. The zero-order valence-corrected chi connectivity index (χ0v) is 16.9. The molecule has 0 saturated heterocycles. The lowest BCUT2D eigenvalue weighted by Crippen LogP contribution is -2.23. The van der Waals surface area contributed by atoms with Crippen molar-refractivity contribution in [1.29, 1.82) is 0 Å². The van der Waals surface area contributed by atoms with E-state index in [0.29, 0.717) is 21.9 Å². The molecule has 142 valence electrons. The lowest BCUT2D eigenvalue weighted by molar-refractivity contribution is 0.580. The third-order valence-electron chi connectivity index (χ3n) is 4.22.